The fraction of sp³-hybridized carbons (Fsp3) is 0.250. The molecule has 5 nitrogen and oxygen atoms in total. The average molecular weight is 322 g/mol. The number of ether oxygens (including phenoxy) is 1. The Morgan fingerprint density at radius 3 is 2.36 bits per heavy atom. The maximum atomic E-state index is 11.1. The summed E-state index contributed by atoms with van der Waals surface area (Å²) in [4.78, 5) is 18.0. The van der Waals surface area contributed by atoms with Gasteiger partial charge < -0.3 is 9.26 Å². The van der Waals surface area contributed by atoms with Gasteiger partial charge >= 0.3 is 7.82 Å². The van der Waals surface area contributed by atoms with Crippen LogP contribution in [0, 0.1) is 13.8 Å². The Kier molecular flexibility index (Phi) is 5.24. The molecule has 2 aromatic carbocycles. The van der Waals surface area contributed by atoms with E-state index in [1.54, 1.807) is 19.9 Å². The second-order valence-electron chi connectivity index (χ2n) is 4.99. The zero-order chi connectivity index (χ0) is 16.2. The van der Waals surface area contributed by atoms with Crippen LogP contribution >= 0.6 is 7.82 Å². The van der Waals surface area contributed by atoms with Crippen molar-refractivity contribution in [3.8, 4) is 11.5 Å². The summed E-state index contributed by atoms with van der Waals surface area (Å²) in [5.74, 6) is 1.03. The fourth-order valence-electron chi connectivity index (χ4n) is 2.19. The first-order valence-electron chi connectivity index (χ1n) is 6.89. The quantitative estimate of drug-likeness (QED) is 0.797. The number of rotatable bonds is 6. The van der Waals surface area contributed by atoms with E-state index in [0.29, 0.717) is 18.6 Å². The molecule has 2 N–H and O–H groups in total. The standard InChI is InChI=1S/C16H19O5P/c1-12-8-9-14(13(2)16(12)21-22(17,18)19)10-11-20-15-6-4-3-5-7-15/h3-9H,10-11H2,1-2H3,(H2,17,18,19). The molecule has 0 amide bonds. The lowest BCUT2D eigenvalue weighted by Crippen LogP contribution is -2.04. The zero-order valence-electron chi connectivity index (χ0n) is 12.5. The second kappa shape index (κ2) is 6.97. The molecule has 0 unspecified atom stereocenters. The maximum absolute atomic E-state index is 11.1. The highest BCUT2D eigenvalue weighted by Crippen LogP contribution is 2.41. The van der Waals surface area contributed by atoms with Gasteiger partial charge in [-0.25, -0.2) is 4.57 Å². The Labute approximate surface area is 129 Å². The molecule has 0 aliphatic carbocycles. The van der Waals surface area contributed by atoms with Gasteiger partial charge in [0.05, 0.1) is 6.61 Å². The van der Waals surface area contributed by atoms with Crippen LogP contribution in [0.2, 0.25) is 0 Å². The Balaban J connectivity index is 2.08. The van der Waals surface area contributed by atoms with Crippen molar-refractivity contribution in [2.24, 2.45) is 0 Å². The molecule has 0 saturated carbocycles. The number of para-hydroxylation sites is 1. The molecule has 22 heavy (non-hydrogen) atoms. The highest BCUT2D eigenvalue weighted by molar-refractivity contribution is 7.46. The Morgan fingerprint density at radius 2 is 1.73 bits per heavy atom. The first kappa shape index (κ1) is 16.6. The van der Waals surface area contributed by atoms with Gasteiger partial charge in [0.15, 0.2) is 0 Å². The minimum atomic E-state index is -4.57. The molecule has 0 radical (unpaired) electrons. The third-order valence-corrected chi connectivity index (χ3v) is 3.73. The van der Waals surface area contributed by atoms with Crippen molar-refractivity contribution in [2.75, 3.05) is 6.61 Å². The number of aryl methyl sites for hydroxylation is 1. The minimum absolute atomic E-state index is 0.241. The monoisotopic (exact) mass is 322 g/mol. The Bertz CT molecular complexity index is 678. The number of hydrogen-bond acceptors (Lipinski definition) is 3. The SMILES string of the molecule is Cc1ccc(CCOc2ccccc2)c(C)c1OP(=O)(O)O. The topological polar surface area (TPSA) is 76.0 Å². The third kappa shape index (κ3) is 4.60. The van der Waals surface area contributed by atoms with Crippen LogP contribution in [-0.2, 0) is 11.0 Å². The summed E-state index contributed by atoms with van der Waals surface area (Å²) in [6, 6.07) is 13.2. The van der Waals surface area contributed by atoms with Crippen LogP contribution in [0.5, 0.6) is 11.5 Å². The van der Waals surface area contributed by atoms with Gasteiger partial charge in [-0.1, -0.05) is 30.3 Å². The fourth-order valence-corrected chi connectivity index (χ4v) is 2.71. The molecule has 0 aliphatic rings. The van der Waals surface area contributed by atoms with Crippen LogP contribution in [0.15, 0.2) is 42.5 Å². The molecule has 0 saturated heterocycles. The third-order valence-electron chi connectivity index (χ3n) is 3.31. The zero-order valence-corrected chi connectivity index (χ0v) is 13.4. The first-order valence-corrected chi connectivity index (χ1v) is 8.42. The smallest absolute Gasteiger partial charge is 0.493 e. The maximum Gasteiger partial charge on any atom is 0.524 e. The van der Waals surface area contributed by atoms with Crippen molar-refractivity contribution >= 4 is 7.82 Å². The predicted molar refractivity (Wildman–Crippen MR) is 84.2 cm³/mol. The predicted octanol–water partition coefficient (Wildman–Crippen LogP) is 3.40. The highest BCUT2D eigenvalue weighted by atomic mass is 31.2. The highest BCUT2D eigenvalue weighted by Gasteiger charge is 2.20. The van der Waals surface area contributed by atoms with Crippen LogP contribution < -0.4 is 9.26 Å². The van der Waals surface area contributed by atoms with Crippen LogP contribution in [0.4, 0.5) is 0 Å². The molecule has 0 aromatic heterocycles. The lowest BCUT2D eigenvalue weighted by atomic mass is 10.0. The average Bonchev–Trinajstić information content (AvgIpc) is 2.46. The van der Waals surface area contributed by atoms with E-state index in [-0.39, 0.29) is 5.75 Å². The summed E-state index contributed by atoms with van der Waals surface area (Å²) in [5, 5.41) is 0. The van der Waals surface area contributed by atoms with E-state index in [4.69, 9.17) is 19.0 Å². The normalized spacial score (nSPS) is 11.3. The molecule has 0 spiro atoms. The van der Waals surface area contributed by atoms with Crippen LogP contribution in [0.25, 0.3) is 0 Å². The van der Waals surface area contributed by atoms with Gasteiger partial charge in [-0.3, -0.25) is 9.79 Å². The molecule has 118 valence electrons. The molecule has 0 bridgehead atoms. The van der Waals surface area contributed by atoms with Crippen LogP contribution in [-0.4, -0.2) is 16.4 Å². The van der Waals surface area contributed by atoms with Crippen molar-refractivity contribution in [2.45, 2.75) is 20.3 Å². The Morgan fingerprint density at radius 1 is 1.05 bits per heavy atom. The second-order valence-corrected chi connectivity index (χ2v) is 6.15. The van der Waals surface area contributed by atoms with E-state index in [1.165, 1.54) is 0 Å². The van der Waals surface area contributed by atoms with Crippen molar-refractivity contribution in [3.05, 3.63) is 59.2 Å². The molecule has 6 heteroatoms. The molecular formula is C16H19O5P. The minimum Gasteiger partial charge on any atom is -0.493 e. The van der Waals surface area contributed by atoms with Crippen LogP contribution in [0.1, 0.15) is 16.7 Å². The summed E-state index contributed by atoms with van der Waals surface area (Å²) < 4.78 is 21.5. The lowest BCUT2D eigenvalue weighted by molar-refractivity contribution is 0.281. The number of phosphoric acid groups is 1. The molecule has 2 rings (SSSR count). The van der Waals surface area contributed by atoms with Gasteiger partial charge in [0.1, 0.15) is 11.5 Å². The summed E-state index contributed by atoms with van der Waals surface area (Å²) in [7, 11) is -4.57. The van der Waals surface area contributed by atoms with E-state index in [0.717, 1.165) is 16.9 Å². The van der Waals surface area contributed by atoms with Gasteiger partial charge in [0.2, 0.25) is 0 Å². The molecule has 0 atom stereocenters. The van der Waals surface area contributed by atoms with Crippen molar-refractivity contribution in [1.29, 1.82) is 0 Å². The Hall–Kier alpha value is -1.81. The lowest BCUT2D eigenvalue weighted by Gasteiger charge is -2.16. The summed E-state index contributed by atoms with van der Waals surface area (Å²) in [6.07, 6.45) is 0.624. The largest absolute Gasteiger partial charge is 0.524 e. The number of phosphoric ester groups is 1. The van der Waals surface area contributed by atoms with E-state index in [1.807, 2.05) is 36.4 Å². The van der Waals surface area contributed by atoms with Gasteiger partial charge in [-0.2, -0.15) is 0 Å². The van der Waals surface area contributed by atoms with E-state index < -0.39 is 7.82 Å². The molecule has 0 aliphatic heterocycles. The molecule has 0 heterocycles. The van der Waals surface area contributed by atoms with Crippen molar-refractivity contribution in [3.63, 3.8) is 0 Å². The van der Waals surface area contributed by atoms with Gasteiger partial charge in [-0.15, -0.1) is 0 Å². The van der Waals surface area contributed by atoms with Crippen molar-refractivity contribution < 1.29 is 23.6 Å². The summed E-state index contributed by atoms with van der Waals surface area (Å²) in [6.45, 7) is 4.02. The van der Waals surface area contributed by atoms with Crippen LogP contribution in [0.3, 0.4) is 0 Å². The summed E-state index contributed by atoms with van der Waals surface area (Å²) >= 11 is 0. The molecule has 2 aromatic rings. The van der Waals surface area contributed by atoms with E-state index >= 15 is 0 Å². The van der Waals surface area contributed by atoms with E-state index in [2.05, 4.69) is 0 Å². The van der Waals surface area contributed by atoms with E-state index in [9.17, 15) is 4.57 Å². The van der Waals surface area contributed by atoms with Gasteiger partial charge in [0, 0.05) is 6.42 Å². The molecular weight excluding hydrogens is 303 g/mol. The number of hydrogen-bond donors (Lipinski definition) is 2. The summed E-state index contributed by atoms with van der Waals surface area (Å²) in [5.41, 5.74) is 2.35. The molecule has 0 fully saturated rings. The van der Waals surface area contributed by atoms with Gasteiger partial charge in [0.25, 0.3) is 0 Å². The van der Waals surface area contributed by atoms with Crippen molar-refractivity contribution in [1.82, 2.24) is 0 Å². The van der Waals surface area contributed by atoms with Gasteiger partial charge in [-0.05, 0) is 42.7 Å². The number of benzene rings is 2. The first-order chi connectivity index (χ1) is 10.4.